The maximum atomic E-state index is 10.5. The molecule has 18 heavy (non-hydrogen) atoms. The predicted molar refractivity (Wildman–Crippen MR) is 69.7 cm³/mol. The average Bonchev–Trinajstić information content (AvgIpc) is 2.92. The van der Waals surface area contributed by atoms with Gasteiger partial charge in [-0.25, -0.2) is 4.98 Å². The second-order valence-electron chi connectivity index (χ2n) is 4.05. The van der Waals surface area contributed by atoms with Crippen LogP contribution in [-0.4, -0.2) is 25.8 Å². The molecular formula is C12H15N3O2S. The van der Waals surface area contributed by atoms with Gasteiger partial charge in [0.1, 0.15) is 5.01 Å². The highest BCUT2D eigenvalue weighted by molar-refractivity contribution is 7.13. The van der Waals surface area contributed by atoms with Crippen LogP contribution in [0, 0.1) is 0 Å². The third-order valence-electron chi connectivity index (χ3n) is 2.62. The number of aryl methyl sites for hydroxylation is 3. The van der Waals surface area contributed by atoms with Gasteiger partial charge in [-0.2, -0.15) is 5.10 Å². The van der Waals surface area contributed by atoms with Crippen LogP contribution in [0.2, 0.25) is 0 Å². The lowest BCUT2D eigenvalue weighted by atomic mass is 10.2. The van der Waals surface area contributed by atoms with Gasteiger partial charge in [-0.3, -0.25) is 9.48 Å². The molecule has 1 N–H and O–H groups in total. The third-order valence-corrected chi connectivity index (χ3v) is 3.54. The van der Waals surface area contributed by atoms with Gasteiger partial charge in [-0.1, -0.05) is 6.92 Å². The molecule has 0 unspecified atom stereocenters. The van der Waals surface area contributed by atoms with Crippen molar-refractivity contribution in [1.82, 2.24) is 14.8 Å². The minimum Gasteiger partial charge on any atom is -0.481 e. The Morgan fingerprint density at radius 1 is 1.56 bits per heavy atom. The molecule has 2 heterocycles. The summed E-state index contributed by atoms with van der Waals surface area (Å²) in [6.45, 7) is 2.06. The number of thiazole rings is 1. The Bertz CT molecular complexity index is 559. The van der Waals surface area contributed by atoms with Gasteiger partial charge in [0.15, 0.2) is 0 Å². The minimum absolute atomic E-state index is 0.122. The maximum absolute atomic E-state index is 10.5. The number of hydrogen-bond donors (Lipinski definition) is 1. The quantitative estimate of drug-likeness (QED) is 0.899. The molecule has 0 spiro atoms. The highest BCUT2D eigenvalue weighted by Crippen LogP contribution is 2.27. The molecule has 0 radical (unpaired) electrons. The van der Waals surface area contributed by atoms with Gasteiger partial charge in [0.05, 0.1) is 23.4 Å². The molecule has 6 heteroatoms. The monoisotopic (exact) mass is 265 g/mol. The van der Waals surface area contributed by atoms with E-state index in [1.807, 2.05) is 18.6 Å². The average molecular weight is 265 g/mol. The molecule has 0 atom stereocenters. The summed E-state index contributed by atoms with van der Waals surface area (Å²) in [5, 5.41) is 15.9. The summed E-state index contributed by atoms with van der Waals surface area (Å²) >= 11 is 1.54. The standard InChI is InChI=1S/C12H15N3O2S/c1-3-10-9(6-15(2)14-10)12-13-8(7-18-12)4-5-11(16)17/h6-7H,3-5H2,1-2H3,(H,16,17). The van der Waals surface area contributed by atoms with Crippen LogP contribution >= 0.6 is 11.3 Å². The molecule has 0 saturated carbocycles. The summed E-state index contributed by atoms with van der Waals surface area (Å²) in [6.07, 6.45) is 3.42. The summed E-state index contributed by atoms with van der Waals surface area (Å²) in [5.74, 6) is -0.792. The van der Waals surface area contributed by atoms with E-state index in [1.54, 1.807) is 4.68 Å². The van der Waals surface area contributed by atoms with Gasteiger partial charge in [0, 0.05) is 25.0 Å². The molecule has 5 nitrogen and oxygen atoms in total. The third kappa shape index (κ3) is 2.76. The second kappa shape index (κ2) is 5.30. The molecule has 0 fully saturated rings. The molecular weight excluding hydrogens is 250 g/mol. The van der Waals surface area contributed by atoms with E-state index in [2.05, 4.69) is 17.0 Å². The lowest BCUT2D eigenvalue weighted by Crippen LogP contribution is -1.97. The SMILES string of the molecule is CCc1nn(C)cc1-c1nc(CCC(=O)O)cs1. The van der Waals surface area contributed by atoms with Gasteiger partial charge < -0.3 is 5.11 Å². The molecule has 0 bridgehead atoms. The van der Waals surface area contributed by atoms with Gasteiger partial charge in [-0.05, 0) is 6.42 Å². The van der Waals surface area contributed by atoms with Crippen LogP contribution in [0.4, 0.5) is 0 Å². The van der Waals surface area contributed by atoms with Crippen molar-refractivity contribution in [2.45, 2.75) is 26.2 Å². The lowest BCUT2D eigenvalue weighted by Gasteiger charge is -1.94. The summed E-state index contributed by atoms with van der Waals surface area (Å²) in [6, 6.07) is 0. The number of nitrogens with zero attached hydrogens (tertiary/aromatic N) is 3. The summed E-state index contributed by atoms with van der Waals surface area (Å²) in [5.41, 5.74) is 2.91. The van der Waals surface area contributed by atoms with Gasteiger partial charge in [0.25, 0.3) is 0 Å². The molecule has 96 valence electrons. The number of rotatable bonds is 5. The first kappa shape index (κ1) is 12.8. The lowest BCUT2D eigenvalue weighted by molar-refractivity contribution is -0.136. The number of carboxylic acid groups (broad SMARTS) is 1. The van der Waals surface area contributed by atoms with Crippen LogP contribution in [0.15, 0.2) is 11.6 Å². The van der Waals surface area contributed by atoms with Crippen molar-refractivity contribution in [2.75, 3.05) is 0 Å². The summed E-state index contributed by atoms with van der Waals surface area (Å²) in [4.78, 5) is 15.0. The molecule has 0 amide bonds. The number of carboxylic acids is 1. The van der Waals surface area contributed by atoms with E-state index in [9.17, 15) is 4.79 Å². The van der Waals surface area contributed by atoms with Crippen LogP contribution in [-0.2, 0) is 24.7 Å². The normalized spacial score (nSPS) is 10.8. The molecule has 0 aliphatic rings. The molecule has 0 aliphatic carbocycles. The van der Waals surface area contributed by atoms with Crippen molar-refractivity contribution < 1.29 is 9.90 Å². The Kier molecular flexibility index (Phi) is 3.76. The first-order chi connectivity index (χ1) is 8.60. The van der Waals surface area contributed by atoms with Crippen molar-refractivity contribution in [2.24, 2.45) is 7.05 Å². The molecule has 2 aromatic rings. The van der Waals surface area contributed by atoms with Gasteiger partial charge in [0.2, 0.25) is 0 Å². The maximum Gasteiger partial charge on any atom is 0.303 e. The zero-order chi connectivity index (χ0) is 13.1. The highest BCUT2D eigenvalue weighted by atomic mass is 32.1. The van der Waals surface area contributed by atoms with E-state index in [0.717, 1.165) is 28.4 Å². The Labute approximate surface area is 109 Å². The van der Waals surface area contributed by atoms with Crippen molar-refractivity contribution in [1.29, 1.82) is 0 Å². The Morgan fingerprint density at radius 3 is 3.00 bits per heavy atom. The predicted octanol–water partition coefficient (Wildman–Crippen LogP) is 2.12. The van der Waals surface area contributed by atoms with E-state index in [4.69, 9.17) is 5.11 Å². The topological polar surface area (TPSA) is 68.0 Å². The molecule has 2 rings (SSSR count). The fraction of sp³-hybridized carbons (Fsp3) is 0.417. The van der Waals surface area contributed by atoms with Crippen LogP contribution in [0.5, 0.6) is 0 Å². The number of aromatic nitrogens is 3. The fourth-order valence-electron chi connectivity index (χ4n) is 1.75. The van der Waals surface area contributed by atoms with Gasteiger partial charge >= 0.3 is 5.97 Å². The second-order valence-corrected chi connectivity index (χ2v) is 4.91. The smallest absolute Gasteiger partial charge is 0.303 e. The fourth-order valence-corrected chi connectivity index (χ4v) is 2.64. The number of aliphatic carboxylic acids is 1. The first-order valence-corrected chi connectivity index (χ1v) is 6.67. The van der Waals surface area contributed by atoms with Crippen molar-refractivity contribution in [3.63, 3.8) is 0 Å². The van der Waals surface area contributed by atoms with E-state index >= 15 is 0 Å². The van der Waals surface area contributed by atoms with Crippen LogP contribution < -0.4 is 0 Å². The zero-order valence-corrected chi connectivity index (χ0v) is 11.2. The minimum atomic E-state index is -0.792. The number of carbonyl (C=O) groups is 1. The van der Waals surface area contributed by atoms with Crippen molar-refractivity contribution in [3.05, 3.63) is 23.0 Å². The van der Waals surface area contributed by atoms with E-state index in [0.29, 0.717) is 6.42 Å². The Morgan fingerprint density at radius 2 is 2.33 bits per heavy atom. The number of hydrogen-bond acceptors (Lipinski definition) is 4. The van der Waals surface area contributed by atoms with Crippen LogP contribution in [0.25, 0.3) is 10.6 Å². The molecule has 0 aromatic carbocycles. The molecule has 0 aliphatic heterocycles. The zero-order valence-electron chi connectivity index (χ0n) is 10.4. The Hall–Kier alpha value is -1.69. The van der Waals surface area contributed by atoms with Crippen LogP contribution in [0.1, 0.15) is 24.7 Å². The summed E-state index contributed by atoms with van der Waals surface area (Å²) in [7, 11) is 1.89. The van der Waals surface area contributed by atoms with Gasteiger partial charge in [-0.15, -0.1) is 11.3 Å². The van der Waals surface area contributed by atoms with E-state index in [1.165, 1.54) is 11.3 Å². The van der Waals surface area contributed by atoms with Crippen molar-refractivity contribution in [3.8, 4) is 10.6 Å². The van der Waals surface area contributed by atoms with E-state index < -0.39 is 5.97 Å². The van der Waals surface area contributed by atoms with Crippen molar-refractivity contribution >= 4 is 17.3 Å². The Balaban J connectivity index is 2.20. The van der Waals surface area contributed by atoms with E-state index in [-0.39, 0.29) is 6.42 Å². The first-order valence-electron chi connectivity index (χ1n) is 5.79. The highest BCUT2D eigenvalue weighted by Gasteiger charge is 2.12. The summed E-state index contributed by atoms with van der Waals surface area (Å²) < 4.78 is 1.78. The largest absolute Gasteiger partial charge is 0.481 e. The molecule has 0 saturated heterocycles. The van der Waals surface area contributed by atoms with Crippen LogP contribution in [0.3, 0.4) is 0 Å². The molecule has 2 aromatic heterocycles.